The van der Waals surface area contributed by atoms with E-state index < -0.39 is 0 Å². The molecule has 0 amide bonds. The van der Waals surface area contributed by atoms with E-state index in [9.17, 15) is 9.59 Å². The van der Waals surface area contributed by atoms with Crippen LogP contribution in [-0.4, -0.2) is 35.9 Å². The standard InChI is InChI=1S/C17H22O5/c1-9-6-5-7-17(4)15(22-17)14-12(10(2)16(19)21-14)8-13(9)20-11(3)18/h6,12-15H,2,5,7-8H2,1,3-4H3/b9-6-/t12?,13-,14+,15+,17-/m1/s1. The van der Waals surface area contributed by atoms with Gasteiger partial charge < -0.3 is 14.2 Å². The molecule has 22 heavy (non-hydrogen) atoms. The Morgan fingerprint density at radius 3 is 2.91 bits per heavy atom. The molecule has 0 bridgehead atoms. The third-order valence-electron chi connectivity index (χ3n) is 4.98. The Labute approximate surface area is 130 Å². The second-order valence-electron chi connectivity index (χ2n) is 6.67. The summed E-state index contributed by atoms with van der Waals surface area (Å²) in [4.78, 5) is 23.3. The summed E-state index contributed by atoms with van der Waals surface area (Å²) in [5.41, 5.74) is 1.22. The van der Waals surface area contributed by atoms with Gasteiger partial charge in [0.1, 0.15) is 18.3 Å². The van der Waals surface area contributed by atoms with Gasteiger partial charge in [0, 0.05) is 18.4 Å². The van der Waals surface area contributed by atoms with Gasteiger partial charge in [0.15, 0.2) is 0 Å². The summed E-state index contributed by atoms with van der Waals surface area (Å²) < 4.78 is 16.8. The Kier molecular flexibility index (Phi) is 3.63. The number of carbonyl (C=O) groups excluding carboxylic acids is 2. The largest absolute Gasteiger partial charge is 0.458 e. The molecule has 2 fully saturated rings. The summed E-state index contributed by atoms with van der Waals surface area (Å²) in [7, 11) is 0. The molecule has 120 valence electrons. The lowest BCUT2D eigenvalue weighted by Gasteiger charge is -2.25. The number of hydrogen-bond acceptors (Lipinski definition) is 5. The Morgan fingerprint density at radius 2 is 2.23 bits per heavy atom. The van der Waals surface area contributed by atoms with Crippen LogP contribution >= 0.6 is 0 Å². The van der Waals surface area contributed by atoms with E-state index in [-0.39, 0.29) is 41.8 Å². The molecule has 0 N–H and O–H groups in total. The molecule has 3 rings (SSSR count). The molecule has 2 heterocycles. The number of hydrogen-bond donors (Lipinski definition) is 0. The summed E-state index contributed by atoms with van der Waals surface area (Å²) in [5, 5.41) is 0. The first kappa shape index (κ1) is 15.3. The van der Waals surface area contributed by atoms with Crippen LogP contribution < -0.4 is 0 Å². The monoisotopic (exact) mass is 306 g/mol. The minimum absolute atomic E-state index is 0.0921. The first-order chi connectivity index (χ1) is 10.3. The van der Waals surface area contributed by atoms with Gasteiger partial charge in [0.2, 0.25) is 0 Å². The van der Waals surface area contributed by atoms with Crippen molar-refractivity contribution in [3.05, 3.63) is 23.8 Å². The summed E-state index contributed by atoms with van der Waals surface area (Å²) in [6.07, 6.45) is 3.54. The second-order valence-corrected chi connectivity index (χ2v) is 6.67. The lowest BCUT2D eigenvalue weighted by molar-refractivity contribution is -0.146. The SMILES string of the molecule is C=C1C(=O)O[C@H]2C1C[C@@H](OC(C)=O)/C(C)=C\CC[C@@]1(C)O[C@@H]21. The van der Waals surface area contributed by atoms with Crippen molar-refractivity contribution in [1.29, 1.82) is 0 Å². The zero-order chi connectivity index (χ0) is 16.1. The maximum Gasteiger partial charge on any atom is 0.334 e. The molecule has 0 aromatic heterocycles. The molecule has 3 aliphatic rings. The second kappa shape index (κ2) is 5.23. The normalized spacial score (nSPS) is 43.3. The quantitative estimate of drug-likeness (QED) is 0.322. The van der Waals surface area contributed by atoms with Crippen molar-refractivity contribution >= 4 is 11.9 Å². The Balaban J connectivity index is 1.91. The van der Waals surface area contributed by atoms with Gasteiger partial charge in [-0.15, -0.1) is 0 Å². The summed E-state index contributed by atoms with van der Waals surface area (Å²) in [6.45, 7) is 9.28. The Hall–Kier alpha value is -1.62. The van der Waals surface area contributed by atoms with Crippen LogP contribution in [0.5, 0.6) is 0 Å². The fraction of sp³-hybridized carbons (Fsp3) is 0.647. The number of esters is 2. The summed E-state index contributed by atoms with van der Waals surface area (Å²) in [6, 6.07) is 0. The molecule has 1 unspecified atom stereocenters. The molecule has 0 spiro atoms. The smallest absolute Gasteiger partial charge is 0.334 e. The number of allylic oxidation sites excluding steroid dienone is 1. The maximum absolute atomic E-state index is 11.9. The minimum atomic E-state index is -0.365. The third kappa shape index (κ3) is 2.58. The first-order valence-electron chi connectivity index (χ1n) is 7.73. The molecule has 1 aliphatic carbocycles. The molecule has 0 radical (unpaired) electrons. The van der Waals surface area contributed by atoms with E-state index in [0.29, 0.717) is 12.0 Å². The lowest BCUT2D eigenvalue weighted by atomic mass is 9.83. The highest BCUT2D eigenvalue weighted by Crippen LogP contribution is 2.50. The van der Waals surface area contributed by atoms with Crippen LogP contribution in [0.15, 0.2) is 23.8 Å². The van der Waals surface area contributed by atoms with Gasteiger partial charge in [-0.1, -0.05) is 12.7 Å². The van der Waals surface area contributed by atoms with Crippen molar-refractivity contribution in [2.45, 2.75) is 63.9 Å². The fourth-order valence-electron chi connectivity index (χ4n) is 3.53. The predicted octanol–water partition coefficient (Wildman–Crippen LogP) is 2.30. The topological polar surface area (TPSA) is 65.1 Å². The van der Waals surface area contributed by atoms with Gasteiger partial charge >= 0.3 is 11.9 Å². The van der Waals surface area contributed by atoms with Crippen LogP contribution in [0.25, 0.3) is 0 Å². The molecular formula is C17H22O5. The molecule has 0 aromatic carbocycles. The summed E-state index contributed by atoms with van der Waals surface area (Å²) >= 11 is 0. The van der Waals surface area contributed by atoms with Crippen LogP contribution in [0.2, 0.25) is 0 Å². The van der Waals surface area contributed by atoms with E-state index in [2.05, 4.69) is 19.6 Å². The van der Waals surface area contributed by atoms with Gasteiger partial charge in [-0.05, 0) is 38.7 Å². The zero-order valence-corrected chi connectivity index (χ0v) is 13.3. The van der Waals surface area contributed by atoms with Gasteiger partial charge in [-0.25, -0.2) is 4.79 Å². The molecule has 5 atom stereocenters. The van der Waals surface area contributed by atoms with Crippen molar-refractivity contribution in [2.75, 3.05) is 0 Å². The van der Waals surface area contributed by atoms with Gasteiger partial charge in [-0.2, -0.15) is 0 Å². The molecule has 5 nitrogen and oxygen atoms in total. The first-order valence-corrected chi connectivity index (χ1v) is 7.73. The number of carbonyl (C=O) groups is 2. The third-order valence-corrected chi connectivity index (χ3v) is 4.98. The number of ether oxygens (including phenoxy) is 3. The van der Waals surface area contributed by atoms with Crippen molar-refractivity contribution in [2.24, 2.45) is 5.92 Å². The van der Waals surface area contributed by atoms with E-state index in [1.807, 2.05) is 6.92 Å². The van der Waals surface area contributed by atoms with Crippen molar-refractivity contribution < 1.29 is 23.8 Å². The van der Waals surface area contributed by atoms with Crippen molar-refractivity contribution in [3.8, 4) is 0 Å². The minimum Gasteiger partial charge on any atom is -0.458 e. The molecule has 0 aromatic rings. The van der Waals surface area contributed by atoms with Crippen LogP contribution in [0.1, 0.15) is 40.0 Å². The fourth-order valence-corrected chi connectivity index (χ4v) is 3.53. The van der Waals surface area contributed by atoms with E-state index >= 15 is 0 Å². The number of fused-ring (bicyclic) bond motifs is 3. The molecule has 2 aliphatic heterocycles. The van der Waals surface area contributed by atoms with Gasteiger partial charge in [0.05, 0.1) is 5.60 Å². The van der Waals surface area contributed by atoms with Crippen molar-refractivity contribution in [1.82, 2.24) is 0 Å². The van der Waals surface area contributed by atoms with E-state index in [1.54, 1.807) is 0 Å². The zero-order valence-electron chi connectivity index (χ0n) is 13.3. The number of rotatable bonds is 1. The Morgan fingerprint density at radius 1 is 1.50 bits per heavy atom. The van der Waals surface area contributed by atoms with Crippen LogP contribution in [0, 0.1) is 5.92 Å². The average molecular weight is 306 g/mol. The molecular weight excluding hydrogens is 284 g/mol. The van der Waals surface area contributed by atoms with Gasteiger partial charge in [0.25, 0.3) is 0 Å². The van der Waals surface area contributed by atoms with Crippen LogP contribution in [-0.2, 0) is 23.8 Å². The lowest BCUT2D eigenvalue weighted by Crippen LogP contribution is -2.32. The van der Waals surface area contributed by atoms with E-state index in [1.165, 1.54) is 6.92 Å². The van der Waals surface area contributed by atoms with E-state index in [0.717, 1.165) is 18.4 Å². The predicted molar refractivity (Wildman–Crippen MR) is 79.0 cm³/mol. The molecule has 0 saturated carbocycles. The van der Waals surface area contributed by atoms with E-state index in [4.69, 9.17) is 14.2 Å². The molecule has 5 heteroatoms. The number of epoxide rings is 1. The Bertz CT molecular complexity index is 563. The highest BCUT2D eigenvalue weighted by atomic mass is 16.6. The van der Waals surface area contributed by atoms with Gasteiger partial charge in [-0.3, -0.25) is 4.79 Å². The highest BCUT2D eigenvalue weighted by Gasteiger charge is 2.61. The molecule has 2 saturated heterocycles. The van der Waals surface area contributed by atoms with Crippen molar-refractivity contribution in [3.63, 3.8) is 0 Å². The van der Waals surface area contributed by atoms with Crippen LogP contribution in [0.4, 0.5) is 0 Å². The van der Waals surface area contributed by atoms with Crippen LogP contribution in [0.3, 0.4) is 0 Å². The highest BCUT2D eigenvalue weighted by molar-refractivity contribution is 5.91. The maximum atomic E-state index is 11.9. The average Bonchev–Trinajstić information content (AvgIpc) is 3.02. The summed E-state index contributed by atoms with van der Waals surface area (Å²) in [5.74, 6) is -0.866.